The quantitative estimate of drug-likeness (QED) is 0.106. The lowest BCUT2D eigenvalue weighted by Crippen LogP contribution is -2.33. The summed E-state index contributed by atoms with van der Waals surface area (Å²) in [4.78, 5) is 51.9. The van der Waals surface area contributed by atoms with Crippen molar-refractivity contribution >= 4 is 85.8 Å². The highest BCUT2D eigenvalue weighted by molar-refractivity contribution is 9.10. The Labute approximate surface area is 255 Å². The first-order chi connectivity index (χ1) is 19.2. The summed E-state index contributed by atoms with van der Waals surface area (Å²) in [5, 5.41) is 4.60. The molecule has 0 aliphatic carbocycles. The largest absolute Gasteiger partial charge is 0.356 e. The molecule has 212 valence electrons. The van der Waals surface area contributed by atoms with Crippen LogP contribution in [0.1, 0.15) is 59.5 Å². The average Bonchev–Trinajstić information content (AvgIpc) is 2.95. The van der Waals surface area contributed by atoms with E-state index in [1.807, 2.05) is 25.1 Å². The Morgan fingerprint density at radius 1 is 1.12 bits per heavy atom. The van der Waals surface area contributed by atoms with Gasteiger partial charge in [-0.15, -0.1) is 0 Å². The van der Waals surface area contributed by atoms with Crippen LogP contribution < -0.4 is 10.2 Å². The van der Waals surface area contributed by atoms with Crippen LogP contribution in [0.4, 0.5) is 5.82 Å². The van der Waals surface area contributed by atoms with Gasteiger partial charge in [0.1, 0.15) is 5.82 Å². The van der Waals surface area contributed by atoms with Crippen molar-refractivity contribution in [3.05, 3.63) is 66.6 Å². The summed E-state index contributed by atoms with van der Waals surface area (Å²) in [7, 11) is 0. The number of pyridine rings is 1. The van der Waals surface area contributed by atoms with E-state index in [1.54, 1.807) is 12.1 Å². The molecule has 1 aliphatic heterocycles. The molecule has 3 aromatic rings. The number of carbonyl (C=O) groups excluding carboxylic acids is 3. The normalized spacial score (nSPS) is 14.1. The van der Waals surface area contributed by atoms with Gasteiger partial charge in [0.15, 0.2) is 0 Å². The number of rotatable bonds is 10. The lowest BCUT2D eigenvalue weighted by atomic mass is 9.93. The van der Waals surface area contributed by atoms with Gasteiger partial charge in [0.2, 0.25) is 0 Å². The fourth-order valence-corrected chi connectivity index (χ4v) is 6.21. The van der Waals surface area contributed by atoms with Gasteiger partial charge in [0.25, 0.3) is 5.91 Å². The van der Waals surface area contributed by atoms with Gasteiger partial charge in [0.05, 0.1) is 27.5 Å². The molecule has 4 rings (SSSR count). The number of aromatic nitrogens is 1. The van der Waals surface area contributed by atoms with Crippen molar-refractivity contribution in [3.8, 4) is 0 Å². The van der Waals surface area contributed by atoms with E-state index in [1.165, 1.54) is 6.42 Å². The summed E-state index contributed by atoms with van der Waals surface area (Å²) in [6.45, 7) is 3.79. The zero-order valence-corrected chi connectivity index (χ0v) is 25.5. The number of nitrogens with one attached hydrogen (secondary N) is 1. The Hall–Kier alpha value is -2.59. The van der Waals surface area contributed by atoms with Crippen LogP contribution in [0, 0.1) is 6.92 Å². The highest BCUT2D eigenvalue weighted by Gasteiger charge is 2.26. The van der Waals surface area contributed by atoms with Crippen LogP contribution in [0.15, 0.2) is 34.8 Å². The number of hydrogen-bond acceptors (Lipinski definition) is 7. The Kier molecular flexibility index (Phi) is 10.5. The summed E-state index contributed by atoms with van der Waals surface area (Å²) in [6, 6.07) is 8.86. The maximum absolute atomic E-state index is 13.9. The maximum atomic E-state index is 13.9. The molecule has 12 heteroatoms. The van der Waals surface area contributed by atoms with E-state index >= 15 is 0 Å². The van der Waals surface area contributed by atoms with Gasteiger partial charge in [-0.25, -0.2) is 14.7 Å². The lowest BCUT2D eigenvalue weighted by Gasteiger charge is -2.30. The third-order valence-electron chi connectivity index (χ3n) is 6.92. The number of amides is 1. The number of benzene rings is 2. The summed E-state index contributed by atoms with van der Waals surface area (Å²) < 4.78 is 0.826. The Balaban J connectivity index is 1.67. The van der Waals surface area contributed by atoms with Crippen molar-refractivity contribution in [1.82, 2.24) is 10.3 Å². The van der Waals surface area contributed by atoms with Gasteiger partial charge in [-0.1, -0.05) is 50.7 Å². The molecule has 1 N–H and O–H groups in total. The predicted molar refractivity (Wildman–Crippen MR) is 159 cm³/mol. The molecule has 0 spiro atoms. The number of anilines is 1. The highest BCUT2D eigenvalue weighted by atomic mass is 79.9. The fourth-order valence-electron chi connectivity index (χ4n) is 5.00. The molecule has 8 nitrogen and oxygen atoms in total. The average molecular weight is 672 g/mol. The second-order valence-electron chi connectivity index (χ2n) is 9.49. The standard InChI is InChI=1S/C28H27BrCl3N3O5/c1-16-24(19-13-18(29)6-9-22(19)34-27(16)35-11-3-2-4-12-35)28(38)33-14-17(5-10-23(37)40-39-15-36)25-20(30)7-8-21(31)26(25)32/h6-9,13,15,17H,2-5,10-12,14H2,1H3,(H,33,38). The summed E-state index contributed by atoms with van der Waals surface area (Å²) in [5.41, 5.74) is 2.52. The van der Waals surface area contributed by atoms with E-state index in [9.17, 15) is 14.4 Å². The van der Waals surface area contributed by atoms with Crippen molar-refractivity contribution in [3.63, 3.8) is 0 Å². The lowest BCUT2D eigenvalue weighted by molar-refractivity contribution is -0.248. The van der Waals surface area contributed by atoms with Crippen LogP contribution in [0.25, 0.3) is 10.9 Å². The van der Waals surface area contributed by atoms with Gasteiger partial charge in [-0.2, -0.15) is 0 Å². The van der Waals surface area contributed by atoms with E-state index in [0.717, 1.165) is 52.7 Å². The summed E-state index contributed by atoms with van der Waals surface area (Å²) in [5.74, 6) is -0.764. The van der Waals surface area contributed by atoms with Crippen LogP contribution in [-0.2, 0) is 19.4 Å². The van der Waals surface area contributed by atoms with Crippen molar-refractivity contribution < 1.29 is 24.2 Å². The predicted octanol–water partition coefficient (Wildman–Crippen LogP) is 7.18. The third kappa shape index (κ3) is 7.00. The molecule has 1 atom stereocenters. The molecule has 2 heterocycles. The minimum absolute atomic E-state index is 0.0121. The van der Waals surface area contributed by atoms with E-state index in [4.69, 9.17) is 39.8 Å². The number of nitrogens with zero attached hydrogens (tertiary/aromatic N) is 2. The van der Waals surface area contributed by atoms with Gasteiger partial charge < -0.3 is 10.2 Å². The van der Waals surface area contributed by atoms with Gasteiger partial charge in [0, 0.05) is 46.0 Å². The van der Waals surface area contributed by atoms with Crippen molar-refractivity contribution in [2.75, 3.05) is 24.5 Å². The molecule has 0 bridgehead atoms. The van der Waals surface area contributed by atoms with E-state index in [-0.39, 0.29) is 41.8 Å². The number of carbonyl (C=O) groups is 3. The van der Waals surface area contributed by atoms with Gasteiger partial charge in [-0.3, -0.25) is 14.5 Å². The zero-order chi connectivity index (χ0) is 28.8. The van der Waals surface area contributed by atoms with Crippen LogP contribution in [0.5, 0.6) is 0 Å². The number of halogens is 4. The monoisotopic (exact) mass is 669 g/mol. The topological polar surface area (TPSA) is 97.8 Å². The van der Waals surface area contributed by atoms with Crippen LogP contribution in [0.3, 0.4) is 0 Å². The molecule has 1 aliphatic rings. The van der Waals surface area contributed by atoms with Crippen LogP contribution in [-0.4, -0.2) is 43.0 Å². The second-order valence-corrected chi connectivity index (χ2v) is 11.6. The number of hydrogen-bond donors (Lipinski definition) is 1. The number of fused-ring (bicyclic) bond motifs is 1. The minimum Gasteiger partial charge on any atom is -0.356 e. The molecule has 1 unspecified atom stereocenters. The molecule has 1 saturated heterocycles. The van der Waals surface area contributed by atoms with Crippen molar-refractivity contribution in [2.24, 2.45) is 0 Å². The first-order valence-corrected chi connectivity index (χ1v) is 14.7. The van der Waals surface area contributed by atoms with Crippen molar-refractivity contribution in [1.29, 1.82) is 0 Å². The van der Waals surface area contributed by atoms with E-state index in [2.05, 4.69) is 35.9 Å². The van der Waals surface area contributed by atoms with E-state index < -0.39 is 11.9 Å². The first kappa shape index (κ1) is 30.4. The smallest absolute Gasteiger partial charge is 0.355 e. The number of piperidine rings is 1. The highest BCUT2D eigenvalue weighted by Crippen LogP contribution is 2.39. The molecule has 2 aromatic carbocycles. The Morgan fingerprint density at radius 2 is 1.85 bits per heavy atom. The molecular weight excluding hydrogens is 645 g/mol. The minimum atomic E-state index is -0.760. The fraction of sp³-hybridized carbons (Fsp3) is 0.357. The van der Waals surface area contributed by atoms with Gasteiger partial charge in [-0.05, 0) is 68.5 Å². The summed E-state index contributed by atoms with van der Waals surface area (Å²) in [6.07, 6.45) is 3.38. The molecule has 1 aromatic heterocycles. The Morgan fingerprint density at radius 3 is 2.58 bits per heavy atom. The van der Waals surface area contributed by atoms with Gasteiger partial charge >= 0.3 is 12.4 Å². The van der Waals surface area contributed by atoms with Crippen molar-refractivity contribution in [2.45, 2.75) is 44.9 Å². The molecule has 1 fully saturated rings. The third-order valence-corrected chi connectivity index (χ3v) is 8.56. The van der Waals surface area contributed by atoms with Crippen LogP contribution in [0.2, 0.25) is 15.1 Å². The molecule has 40 heavy (non-hydrogen) atoms. The van der Waals surface area contributed by atoms with Crippen LogP contribution >= 0.6 is 50.7 Å². The molecular formula is C28H27BrCl3N3O5. The molecule has 0 saturated carbocycles. The second kappa shape index (κ2) is 13.9. The molecule has 0 radical (unpaired) electrons. The molecule has 1 amide bonds. The first-order valence-electron chi connectivity index (χ1n) is 12.8. The van der Waals surface area contributed by atoms with E-state index in [0.29, 0.717) is 16.1 Å². The SMILES string of the molecule is Cc1c(N2CCCCC2)nc2ccc(Br)cc2c1C(=O)NCC(CCC(=O)OOC=O)c1c(Cl)ccc(Cl)c1Cl. The summed E-state index contributed by atoms with van der Waals surface area (Å²) >= 11 is 22.8. The zero-order valence-electron chi connectivity index (χ0n) is 21.6. The Bertz CT molecular complexity index is 1430. The maximum Gasteiger partial charge on any atom is 0.355 e.